The van der Waals surface area contributed by atoms with Crippen molar-refractivity contribution in [3.8, 4) is 0 Å². The summed E-state index contributed by atoms with van der Waals surface area (Å²) in [5.41, 5.74) is 3.68. The highest BCUT2D eigenvalue weighted by atomic mass is 35.5. The number of hydrogen-bond donors (Lipinski definition) is 2. The van der Waals surface area contributed by atoms with Gasteiger partial charge < -0.3 is 10.6 Å². The molecule has 4 rings (SSSR count). The van der Waals surface area contributed by atoms with Crippen LogP contribution in [0.25, 0.3) is 0 Å². The zero-order valence-electron chi connectivity index (χ0n) is 17.5. The summed E-state index contributed by atoms with van der Waals surface area (Å²) in [6.07, 6.45) is 0. The molecule has 7 heteroatoms. The van der Waals surface area contributed by atoms with Crippen molar-refractivity contribution in [1.82, 2.24) is 0 Å². The molecule has 1 heterocycles. The van der Waals surface area contributed by atoms with Gasteiger partial charge in [-0.15, -0.1) is 0 Å². The molecule has 6 nitrogen and oxygen atoms in total. The minimum absolute atomic E-state index is 0.0295. The molecule has 0 saturated carbocycles. The second kappa shape index (κ2) is 8.69. The Balaban J connectivity index is 1.57. The van der Waals surface area contributed by atoms with Crippen LogP contribution in [0, 0.1) is 13.8 Å². The first-order valence-corrected chi connectivity index (χ1v) is 10.3. The summed E-state index contributed by atoms with van der Waals surface area (Å²) in [6.45, 7) is 3.71. The van der Waals surface area contributed by atoms with Crippen molar-refractivity contribution in [2.75, 3.05) is 15.5 Å². The van der Waals surface area contributed by atoms with Crippen LogP contribution < -0.4 is 15.5 Å². The number of anilines is 3. The molecule has 0 bridgehead atoms. The van der Waals surface area contributed by atoms with Crippen molar-refractivity contribution < 1.29 is 14.4 Å². The highest BCUT2D eigenvalue weighted by Crippen LogP contribution is 2.32. The third-order valence-electron chi connectivity index (χ3n) is 5.06. The number of carbonyl (C=O) groups is 3. The molecule has 3 aromatic carbocycles. The molecular weight excluding hydrogens is 426 g/mol. The third-order valence-corrected chi connectivity index (χ3v) is 5.41. The molecule has 3 aromatic rings. The first kappa shape index (κ1) is 21.3. The van der Waals surface area contributed by atoms with Gasteiger partial charge in [0.2, 0.25) is 0 Å². The van der Waals surface area contributed by atoms with E-state index < -0.39 is 11.8 Å². The van der Waals surface area contributed by atoms with E-state index in [1.807, 2.05) is 44.2 Å². The smallest absolute Gasteiger partial charge is 0.283 e. The Kier molecular flexibility index (Phi) is 5.79. The Morgan fingerprint density at radius 1 is 0.844 bits per heavy atom. The lowest BCUT2D eigenvalue weighted by atomic mass is 10.1. The minimum atomic E-state index is -0.592. The van der Waals surface area contributed by atoms with Crippen molar-refractivity contribution >= 4 is 46.4 Å². The molecule has 0 spiro atoms. The van der Waals surface area contributed by atoms with Crippen molar-refractivity contribution in [2.45, 2.75) is 13.8 Å². The molecule has 32 heavy (non-hydrogen) atoms. The average molecular weight is 446 g/mol. The Morgan fingerprint density at radius 2 is 1.56 bits per heavy atom. The normalized spacial score (nSPS) is 13.5. The van der Waals surface area contributed by atoms with Gasteiger partial charge in [0.15, 0.2) is 0 Å². The number of benzene rings is 3. The van der Waals surface area contributed by atoms with Gasteiger partial charge in [-0.25, -0.2) is 4.90 Å². The van der Waals surface area contributed by atoms with Gasteiger partial charge in [0, 0.05) is 16.9 Å². The molecule has 1 aliphatic heterocycles. The highest BCUT2D eigenvalue weighted by molar-refractivity contribution is 6.53. The van der Waals surface area contributed by atoms with E-state index in [0.717, 1.165) is 16.0 Å². The number of para-hydroxylation sites is 1. The Hall–Kier alpha value is -3.90. The minimum Gasteiger partial charge on any atom is -0.350 e. The Morgan fingerprint density at radius 3 is 2.31 bits per heavy atom. The number of nitrogens with zero attached hydrogens (tertiary/aromatic N) is 1. The van der Waals surface area contributed by atoms with Crippen LogP contribution >= 0.6 is 11.6 Å². The Bertz CT molecular complexity index is 1270. The monoisotopic (exact) mass is 445 g/mol. The van der Waals surface area contributed by atoms with Crippen LogP contribution in [0.3, 0.4) is 0 Å². The van der Waals surface area contributed by atoms with Crippen molar-refractivity contribution in [1.29, 1.82) is 0 Å². The number of amides is 3. The first-order chi connectivity index (χ1) is 15.3. The van der Waals surface area contributed by atoms with E-state index in [-0.39, 0.29) is 16.6 Å². The summed E-state index contributed by atoms with van der Waals surface area (Å²) in [4.78, 5) is 39.5. The quantitative estimate of drug-likeness (QED) is 0.542. The van der Waals surface area contributed by atoms with Gasteiger partial charge in [0.25, 0.3) is 17.7 Å². The number of carbonyl (C=O) groups excluding carboxylic acids is 3. The number of aryl methyl sites for hydroxylation is 2. The fourth-order valence-corrected chi connectivity index (χ4v) is 3.61. The predicted molar refractivity (Wildman–Crippen MR) is 126 cm³/mol. The maximum Gasteiger partial charge on any atom is 0.283 e. The van der Waals surface area contributed by atoms with E-state index in [4.69, 9.17) is 11.6 Å². The van der Waals surface area contributed by atoms with E-state index >= 15 is 0 Å². The van der Waals surface area contributed by atoms with Gasteiger partial charge in [-0.05, 0) is 61.4 Å². The molecule has 3 amide bonds. The fourth-order valence-electron chi connectivity index (χ4n) is 3.40. The van der Waals surface area contributed by atoms with E-state index in [9.17, 15) is 14.4 Å². The summed E-state index contributed by atoms with van der Waals surface area (Å²) in [6, 6.07) is 21.2. The van der Waals surface area contributed by atoms with Gasteiger partial charge in [-0.1, -0.05) is 48.0 Å². The number of imide groups is 1. The third kappa shape index (κ3) is 4.13. The van der Waals surface area contributed by atoms with Gasteiger partial charge in [-0.3, -0.25) is 14.4 Å². The van der Waals surface area contributed by atoms with Crippen LogP contribution in [0.1, 0.15) is 21.5 Å². The topological polar surface area (TPSA) is 78.5 Å². The molecule has 0 aromatic heterocycles. The summed E-state index contributed by atoms with van der Waals surface area (Å²) >= 11 is 6.25. The van der Waals surface area contributed by atoms with Gasteiger partial charge in [-0.2, -0.15) is 0 Å². The summed E-state index contributed by atoms with van der Waals surface area (Å²) in [5, 5.41) is 5.53. The zero-order valence-corrected chi connectivity index (χ0v) is 18.2. The van der Waals surface area contributed by atoms with E-state index in [0.29, 0.717) is 22.6 Å². The van der Waals surface area contributed by atoms with Crippen molar-refractivity contribution in [3.63, 3.8) is 0 Å². The van der Waals surface area contributed by atoms with E-state index in [2.05, 4.69) is 10.6 Å². The van der Waals surface area contributed by atoms with E-state index in [1.54, 1.807) is 42.5 Å². The lowest BCUT2D eigenvalue weighted by molar-refractivity contribution is -0.120. The van der Waals surface area contributed by atoms with Crippen molar-refractivity contribution in [2.24, 2.45) is 0 Å². The zero-order chi connectivity index (χ0) is 22.8. The molecule has 0 atom stereocenters. The van der Waals surface area contributed by atoms with Gasteiger partial charge in [0.05, 0.1) is 5.69 Å². The van der Waals surface area contributed by atoms with Crippen LogP contribution in [0.5, 0.6) is 0 Å². The van der Waals surface area contributed by atoms with Crippen LogP contribution in [0.4, 0.5) is 17.1 Å². The van der Waals surface area contributed by atoms with Crippen molar-refractivity contribution in [3.05, 3.63) is 100 Å². The number of nitrogens with one attached hydrogen (secondary N) is 2. The molecule has 0 unspecified atom stereocenters. The summed E-state index contributed by atoms with van der Waals surface area (Å²) < 4.78 is 0. The standard InChI is InChI=1S/C25H20ClN3O3/c1-15-11-12-16(2)20(13-15)29-24(31)21(26)22(25(29)32)27-19-10-6-7-17(14-19)23(30)28-18-8-4-3-5-9-18/h3-14,27H,1-2H3,(H,28,30). The molecule has 0 aliphatic carbocycles. The maximum absolute atomic E-state index is 13.1. The first-order valence-electron chi connectivity index (χ1n) is 9.94. The number of rotatable bonds is 5. The second-order valence-corrected chi connectivity index (χ2v) is 7.83. The molecular formula is C25H20ClN3O3. The van der Waals surface area contributed by atoms with Crippen LogP contribution in [0.2, 0.25) is 0 Å². The molecule has 160 valence electrons. The fraction of sp³-hybridized carbons (Fsp3) is 0.0800. The maximum atomic E-state index is 13.1. The van der Waals surface area contributed by atoms with Gasteiger partial charge in [0.1, 0.15) is 10.7 Å². The summed E-state index contributed by atoms with van der Waals surface area (Å²) in [7, 11) is 0. The number of halogens is 1. The second-order valence-electron chi connectivity index (χ2n) is 7.45. The van der Waals surface area contributed by atoms with Crippen LogP contribution in [-0.4, -0.2) is 17.7 Å². The number of hydrogen-bond acceptors (Lipinski definition) is 4. The Labute approximate surface area is 190 Å². The van der Waals surface area contributed by atoms with Gasteiger partial charge >= 0.3 is 0 Å². The van der Waals surface area contributed by atoms with Crippen LogP contribution in [-0.2, 0) is 9.59 Å². The molecule has 0 fully saturated rings. The van der Waals surface area contributed by atoms with E-state index in [1.165, 1.54) is 0 Å². The molecule has 1 aliphatic rings. The SMILES string of the molecule is Cc1ccc(C)c(N2C(=O)C(Cl)=C(Nc3cccc(C(=O)Nc4ccccc4)c3)C2=O)c1. The molecule has 2 N–H and O–H groups in total. The predicted octanol–water partition coefficient (Wildman–Crippen LogP) is 4.99. The lowest BCUT2D eigenvalue weighted by Crippen LogP contribution is -2.33. The largest absolute Gasteiger partial charge is 0.350 e. The van der Waals surface area contributed by atoms with Crippen LogP contribution in [0.15, 0.2) is 83.5 Å². The summed E-state index contributed by atoms with van der Waals surface area (Å²) in [5.74, 6) is -1.44. The highest BCUT2D eigenvalue weighted by Gasteiger charge is 2.39. The lowest BCUT2D eigenvalue weighted by Gasteiger charge is -2.18. The average Bonchev–Trinajstić information content (AvgIpc) is 2.99. The molecule has 0 radical (unpaired) electrons. The molecule has 0 saturated heterocycles.